The van der Waals surface area contributed by atoms with Gasteiger partial charge in [0.1, 0.15) is 17.3 Å². The molecule has 0 spiro atoms. The minimum atomic E-state index is -4.03. The lowest BCUT2D eigenvalue weighted by Gasteiger charge is -2.23. The van der Waals surface area contributed by atoms with Gasteiger partial charge in [0.15, 0.2) is 0 Å². The van der Waals surface area contributed by atoms with Crippen molar-refractivity contribution in [2.45, 2.75) is 31.6 Å². The van der Waals surface area contributed by atoms with Crippen LogP contribution in [0.5, 0.6) is 5.75 Å². The Balaban J connectivity index is 1.75. The monoisotopic (exact) mass is 570 g/mol. The summed E-state index contributed by atoms with van der Waals surface area (Å²) in [4.78, 5) is 20.7. The molecule has 12 nitrogen and oxygen atoms in total. The Hall–Kier alpha value is -3.30. The van der Waals surface area contributed by atoms with Crippen molar-refractivity contribution in [1.29, 1.82) is 0 Å². The number of nitrogens with one attached hydrogen (secondary N) is 1. The number of aliphatic imine (C=N–C) groups is 1. The minimum absolute atomic E-state index is 0.0697. The normalized spacial score (nSPS) is 17.7. The van der Waals surface area contributed by atoms with E-state index in [4.69, 9.17) is 10.5 Å². The van der Waals surface area contributed by atoms with Crippen LogP contribution in [0.4, 0.5) is 10.1 Å². The molecule has 15 heteroatoms. The highest BCUT2D eigenvalue weighted by atomic mass is 32.2. The van der Waals surface area contributed by atoms with Gasteiger partial charge < -0.3 is 15.8 Å². The molecule has 0 bridgehead atoms. The predicted molar refractivity (Wildman–Crippen MR) is 141 cm³/mol. The smallest absolute Gasteiger partial charge is 0.274 e. The second kappa shape index (κ2) is 11.6. The Bertz CT molecular complexity index is 1420. The van der Waals surface area contributed by atoms with Gasteiger partial charge in [0, 0.05) is 31.4 Å². The quantitative estimate of drug-likeness (QED) is 0.339. The maximum atomic E-state index is 14.6. The van der Waals surface area contributed by atoms with E-state index in [1.54, 1.807) is 6.07 Å². The maximum absolute atomic E-state index is 14.6. The zero-order valence-corrected chi connectivity index (χ0v) is 23.1. The first-order valence-electron chi connectivity index (χ1n) is 11.7. The number of carbonyl (C=O) groups is 1. The molecule has 1 amide bonds. The number of guanidine groups is 1. The molecule has 2 atom stereocenters. The standard InChI is InChI=1S/C23H31FN6O6S2/c1-5-37(32,33)30-11-10-18(14-30)38(34,35)29(3)23(25)27-15(2)19-12-16(6-8-20(19)24)28-22(31)21-9-7-17(36-4)13-26-21/h6-9,12-13,15,18H,5,10-11,14H2,1-4H3,(H2,25,27)(H,28,31)/t15-,18+/m1/s1. The molecule has 0 radical (unpaired) electrons. The molecule has 1 aliphatic heterocycles. The molecule has 3 rings (SSSR count). The van der Waals surface area contributed by atoms with Crippen molar-refractivity contribution in [3.05, 3.63) is 53.6 Å². The van der Waals surface area contributed by atoms with Crippen molar-refractivity contribution in [1.82, 2.24) is 13.6 Å². The lowest BCUT2D eigenvalue weighted by Crippen LogP contribution is -2.45. The molecule has 1 aliphatic rings. The predicted octanol–water partition coefficient (Wildman–Crippen LogP) is 1.54. The summed E-state index contributed by atoms with van der Waals surface area (Å²) < 4.78 is 72.0. The number of ether oxygens (including phenoxy) is 1. The highest BCUT2D eigenvalue weighted by Gasteiger charge is 2.40. The Morgan fingerprint density at radius 2 is 2.03 bits per heavy atom. The van der Waals surface area contributed by atoms with Crippen LogP contribution >= 0.6 is 0 Å². The lowest BCUT2D eigenvalue weighted by molar-refractivity contribution is 0.102. The fourth-order valence-electron chi connectivity index (χ4n) is 3.85. The van der Waals surface area contributed by atoms with E-state index in [9.17, 15) is 26.0 Å². The fourth-order valence-corrected chi connectivity index (χ4v) is 6.63. The van der Waals surface area contributed by atoms with Crippen molar-refractivity contribution < 1.29 is 30.8 Å². The zero-order valence-electron chi connectivity index (χ0n) is 21.5. The van der Waals surface area contributed by atoms with Crippen LogP contribution in [0.2, 0.25) is 0 Å². The summed E-state index contributed by atoms with van der Waals surface area (Å²) in [6, 6.07) is 6.03. The van der Waals surface area contributed by atoms with Crippen LogP contribution in [0.1, 0.15) is 42.4 Å². The van der Waals surface area contributed by atoms with E-state index in [2.05, 4.69) is 15.3 Å². The number of nitrogens with zero attached hydrogens (tertiary/aromatic N) is 4. The Morgan fingerprint density at radius 3 is 2.63 bits per heavy atom. The van der Waals surface area contributed by atoms with E-state index in [0.29, 0.717) is 5.75 Å². The van der Waals surface area contributed by atoms with E-state index in [1.165, 1.54) is 52.4 Å². The molecule has 0 unspecified atom stereocenters. The number of aromatic nitrogens is 1. The molecule has 3 N–H and O–H groups in total. The van der Waals surface area contributed by atoms with Crippen molar-refractivity contribution in [3.8, 4) is 5.75 Å². The molecule has 0 saturated carbocycles. The minimum Gasteiger partial charge on any atom is -0.495 e. The summed E-state index contributed by atoms with van der Waals surface area (Å²) in [5.41, 5.74) is 6.44. The number of pyridine rings is 1. The molecule has 2 heterocycles. The fraction of sp³-hybridized carbons (Fsp3) is 0.435. The second-order valence-electron chi connectivity index (χ2n) is 8.62. The van der Waals surface area contributed by atoms with Crippen molar-refractivity contribution in [2.75, 3.05) is 38.3 Å². The second-order valence-corrected chi connectivity index (χ2v) is 13.1. The third kappa shape index (κ3) is 6.39. The number of carbonyl (C=O) groups excluding carboxylic acids is 1. The molecule has 2 aromatic rings. The van der Waals surface area contributed by atoms with Crippen LogP contribution < -0.4 is 15.8 Å². The lowest BCUT2D eigenvalue weighted by atomic mass is 10.1. The first kappa shape index (κ1) is 29.3. The largest absolute Gasteiger partial charge is 0.495 e. The van der Waals surface area contributed by atoms with Crippen molar-refractivity contribution in [3.63, 3.8) is 0 Å². The SMILES string of the molecule is CCS(=O)(=O)N1CC[C@H](S(=O)(=O)N(C)C(N)=N[C@H](C)c2cc(NC(=O)c3ccc(OC)cn3)ccc2F)C1. The summed E-state index contributed by atoms with van der Waals surface area (Å²) >= 11 is 0. The van der Waals surface area contributed by atoms with Crippen LogP contribution in [0.15, 0.2) is 41.5 Å². The summed E-state index contributed by atoms with van der Waals surface area (Å²) in [6.45, 7) is 2.93. The molecular formula is C23H31FN6O6S2. The molecule has 1 aromatic carbocycles. The molecule has 1 saturated heterocycles. The Kier molecular flexibility index (Phi) is 8.94. The van der Waals surface area contributed by atoms with Gasteiger partial charge in [-0.15, -0.1) is 0 Å². The zero-order chi connectivity index (χ0) is 28.3. The first-order chi connectivity index (χ1) is 17.8. The number of benzene rings is 1. The topological polar surface area (TPSA) is 164 Å². The number of anilines is 1. The van der Waals surface area contributed by atoms with Crippen LogP contribution in [0.25, 0.3) is 0 Å². The molecule has 0 aliphatic carbocycles. The average Bonchev–Trinajstić information content (AvgIpc) is 3.41. The molecule has 38 heavy (non-hydrogen) atoms. The van der Waals surface area contributed by atoms with Gasteiger partial charge in [0.05, 0.1) is 30.4 Å². The first-order valence-corrected chi connectivity index (χ1v) is 14.8. The average molecular weight is 571 g/mol. The van der Waals surface area contributed by atoms with Gasteiger partial charge in [-0.05, 0) is 50.6 Å². The van der Waals surface area contributed by atoms with Gasteiger partial charge in [0.25, 0.3) is 5.91 Å². The number of hydrogen-bond acceptors (Lipinski definition) is 8. The van der Waals surface area contributed by atoms with E-state index in [1.807, 2.05) is 0 Å². The summed E-state index contributed by atoms with van der Waals surface area (Å²) in [7, 11) is -4.87. The summed E-state index contributed by atoms with van der Waals surface area (Å²) in [5, 5.41) is 1.64. The number of sulfonamides is 2. The van der Waals surface area contributed by atoms with Gasteiger partial charge >= 0.3 is 0 Å². The number of halogens is 1. The Labute approximate surface area is 221 Å². The van der Waals surface area contributed by atoms with Crippen LogP contribution in [-0.4, -0.2) is 80.5 Å². The van der Waals surface area contributed by atoms with Crippen LogP contribution in [0.3, 0.4) is 0 Å². The highest BCUT2D eigenvalue weighted by Crippen LogP contribution is 2.26. The van der Waals surface area contributed by atoms with Crippen molar-refractivity contribution >= 4 is 37.6 Å². The third-order valence-corrected chi connectivity index (χ3v) is 10.3. The molecule has 208 valence electrons. The van der Waals surface area contributed by atoms with Crippen molar-refractivity contribution in [2.24, 2.45) is 10.7 Å². The third-order valence-electron chi connectivity index (χ3n) is 6.23. The molecule has 1 aromatic heterocycles. The van der Waals surface area contributed by atoms with E-state index in [0.717, 1.165) is 14.7 Å². The summed E-state index contributed by atoms with van der Waals surface area (Å²) in [6.07, 6.45) is 1.51. The van der Waals surface area contributed by atoms with E-state index >= 15 is 0 Å². The van der Waals surface area contributed by atoms with Gasteiger partial charge in [0.2, 0.25) is 26.0 Å². The Morgan fingerprint density at radius 1 is 1.32 bits per heavy atom. The number of amides is 1. The number of rotatable bonds is 9. The summed E-state index contributed by atoms with van der Waals surface area (Å²) in [5.74, 6) is -1.18. The number of hydrogen-bond donors (Lipinski definition) is 2. The van der Waals surface area contributed by atoms with E-state index < -0.39 is 43.1 Å². The maximum Gasteiger partial charge on any atom is 0.274 e. The van der Waals surface area contributed by atoms with Gasteiger partial charge in [-0.25, -0.2) is 39.8 Å². The van der Waals surface area contributed by atoms with Crippen LogP contribution in [-0.2, 0) is 20.0 Å². The van der Waals surface area contributed by atoms with Gasteiger partial charge in [-0.2, -0.15) is 0 Å². The molecular weight excluding hydrogens is 539 g/mol. The molecule has 1 fully saturated rings. The van der Waals surface area contributed by atoms with E-state index in [-0.39, 0.29) is 48.2 Å². The van der Waals surface area contributed by atoms with Gasteiger partial charge in [-0.1, -0.05) is 0 Å². The van der Waals surface area contributed by atoms with Crippen LogP contribution in [0, 0.1) is 5.82 Å². The van der Waals surface area contributed by atoms with Gasteiger partial charge in [-0.3, -0.25) is 4.79 Å². The number of nitrogens with two attached hydrogens (primary N) is 1. The highest BCUT2D eigenvalue weighted by molar-refractivity contribution is 7.90. The number of methoxy groups -OCH3 is 1.